The molecular formula is C40H36ClF3N4O6. The van der Waals surface area contributed by atoms with Crippen LogP contribution in [0.3, 0.4) is 0 Å². The van der Waals surface area contributed by atoms with Gasteiger partial charge in [0.25, 0.3) is 11.8 Å². The van der Waals surface area contributed by atoms with Gasteiger partial charge in [-0.2, -0.15) is 0 Å². The number of methoxy groups -OCH3 is 1. The number of carbonyl (C=O) groups excluding carboxylic acids is 4. The molecule has 0 spiro atoms. The molecule has 4 aromatic carbocycles. The minimum absolute atomic E-state index is 0.00701. The standard InChI is InChI=1S/C40H36ClF3N4O6/c1-53-39(52)47-18-17-46(38(51)54-23-32-29-13-4-2-11-27(29)28-12-3-5-14-30(28)32)22-34(47)37(50)48(26-10-8-9-24(42)19-26)35(31-15-6-7-16-33(31)41)36(49)45-25-20-40(43,44)21-25/h2-16,19,25,32,34-35H,17-18,20-23H2,1H3,(H,45,49)/t34?,35-/m0/s1. The Bertz CT molecular complexity index is 2050. The number of ether oxygens (including phenoxy) is 2. The summed E-state index contributed by atoms with van der Waals surface area (Å²) in [7, 11) is 1.14. The van der Waals surface area contributed by atoms with Gasteiger partial charge in [0.2, 0.25) is 5.91 Å². The molecule has 0 bridgehead atoms. The highest BCUT2D eigenvalue weighted by atomic mass is 35.5. The van der Waals surface area contributed by atoms with Crippen molar-refractivity contribution in [3.63, 3.8) is 0 Å². The van der Waals surface area contributed by atoms with E-state index in [1.165, 1.54) is 29.2 Å². The van der Waals surface area contributed by atoms with Crippen LogP contribution < -0.4 is 10.2 Å². The van der Waals surface area contributed by atoms with Gasteiger partial charge in [-0.3, -0.25) is 19.4 Å². The Morgan fingerprint density at radius 2 is 1.54 bits per heavy atom. The minimum Gasteiger partial charge on any atom is -0.453 e. The Morgan fingerprint density at radius 3 is 2.17 bits per heavy atom. The lowest BCUT2D eigenvalue weighted by Gasteiger charge is -2.43. The molecule has 1 N–H and O–H groups in total. The normalized spacial score (nSPS) is 18.1. The van der Waals surface area contributed by atoms with E-state index in [0.29, 0.717) is 0 Å². The summed E-state index contributed by atoms with van der Waals surface area (Å²) in [5, 5.41) is 2.66. The molecule has 54 heavy (non-hydrogen) atoms. The lowest BCUT2D eigenvalue weighted by molar-refractivity contribution is -0.134. The summed E-state index contributed by atoms with van der Waals surface area (Å²) in [6.45, 7) is -0.528. The topological polar surface area (TPSA) is 108 Å². The van der Waals surface area contributed by atoms with Crippen molar-refractivity contribution in [3.8, 4) is 11.1 Å². The number of rotatable bonds is 8. The monoisotopic (exact) mass is 760 g/mol. The number of anilines is 1. The molecule has 3 aliphatic rings. The van der Waals surface area contributed by atoms with Crippen molar-refractivity contribution in [3.05, 3.63) is 125 Å². The van der Waals surface area contributed by atoms with Gasteiger partial charge in [0, 0.05) is 54.2 Å². The summed E-state index contributed by atoms with van der Waals surface area (Å²) < 4.78 is 53.4. The molecule has 14 heteroatoms. The van der Waals surface area contributed by atoms with Crippen LogP contribution in [0.2, 0.25) is 5.02 Å². The lowest BCUT2D eigenvalue weighted by atomic mass is 9.87. The maximum Gasteiger partial charge on any atom is 0.410 e. The number of benzene rings is 4. The second-order valence-corrected chi connectivity index (χ2v) is 13.9. The molecule has 4 aromatic rings. The van der Waals surface area contributed by atoms with Crippen LogP contribution in [0.1, 0.15) is 41.5 Å². The number of hydrogen-bond donors (Lipinski definition) is 1. The number of fused-ring (bicyclic) bond motifs is 3. The Labute approximate surface area is 314 Å². The largest absolute Gasteiger partial charge is 0.453 e. The average molecular weight is 761 g/mol. The van der Waals surface area contributed by atoms with Gasteiger partial charge in [-0.15, -0.1) is 0 Å². The molecule has 1 unspecified atom stereocenters. The van der Waals surface area contributed by atoms with Crippen molar-refractivity contribution >= 4 is 41.3 Å². The first-order valence-electron chi connectivity index (χ1n) is 17.4. The van der Waals surface area contributed by atoms with Crippen LogP contribution in [0.5, 0.6) is 0 Å². The van der Waals surface area contributed by atoms with Crippen molar-refractivity contribution in [1.82, 2.24) is 15.1 Å². The van der Waals surface area contributed by atoms with E-state index >= 15 is 0 Å². The Kier molecular flexibility index (Phi) is 10.3. The third-order valence-corrected chi connectivity index (χ3v) is 10.5. The molecule has 7 rings (SSSR count). The molecule has 1 aliphatic heterocycles. The Morgan fingerprint density at radius 1 is 0.889 bits per heavy atom. The summed E-state index contributed by atoms with van der Waals surface area (Å²) in [5.41, 5.74) is 4.15. The van der Waals surface area contributed by atoms with Crippen molar-refractivity contribution in [1.29, 1.82) is 0 Å². The zero-order valence-corrected chi connectivity index (χ0v) is 29.8. The van der Waals surface area contributed by atoms with Crippen molar-refractivity contribution < 1.29 is 41.8 Å². The van der Waals surface area contributed by atoms with Crippen LogP contribution >= 0.6 is 11.6 Å². The number of alkyl halides is 2. The average Bonchev–Trinajstić information content (AvgIpc) is 3.48. The van der Waals surface area contributed by atoms with Gasteiger partial charge in [0.15, 0.2) is 0 Å². The molecule has 1 heterocycles. The zero-order chi connectivity index (χ0) is 38.1. The number of carbonyl (C=O) groups is 4. The molecule has 0 radical (unpaired) electrons. The van der Waals surface area contributed by atoms with E-state index in [0.717, 1.165) is 51.3 Å². The molecule has 2 aliphatic carbocycles. The summed E-state index contributed by atoms with van der Waals surface area (Å²) in [4.78, 5) is 59.4. The highest BCUT2D eigenvalue weighted by Gasteiger charge is 2.49. The fourth-order valence-corrected chi connectivity index (χ4v) is 7.75. The van der Waals surface area contributed by atoms with Crippen molar-refractivity contribution in [2.45, 2.75) is 42.8 Å². The number of nitrogens with one attached hydrogen (secondary N) is 1. The predicted octanol–water partition coefficient (Wildman–Crippen LogP) is 7.17. The third-order valence-electron chi connectivity index (χ3n) is 10.1. The second kappa shape index (κ2) is 15.1. The van der Waals surface area contributed by atoms with Gasteiger partial charge < -0.3 is 19.7 Å². The van der Waals surface area contributed by atoms with E-state index < -0.39 is 66.7 Å². The zero-order valence-electron chi connectivity index (χ0n) is 29.1. The van der Waals surface area contributed by atoms with E-state index in [-0.39, 0.29) is 48.4 Å². The number of amides is 4. The highest BCUT2D eigenvalue weighted by molar-refractivity contribution is 6.31. The van der Waals surface area contributed by atoms with E-state index in [4.69, 9.17) is 21.1 Å². The van der Waals surface area contributed by atoms with Gasteiger partial charge in [-0.25, -0.2) is 22.8 Å². The van der Waals surface area contributed by atoms with E-state index in [2.05, 4.69) is 5.32 Å². The Balaban J connectivity index is 1.20. The highest BCUT2D eigenvalue weighted by Crippen LogP contribution is 2.45. The van der Waals surface area contributed by atoms with Crippen molar-refractivity contribution in [2.75, 3.05) is 38.3 Å². The van der Waals surface area contributed by atoms with Crippen molar-refractivity contribution in [2.24, 2.45) is 0 Å². The molecule has 1 saturated heterocycles. The van der Waals surface area contributed by atoms with Gasteiger partial charge in [-0.05, 0) is 46.5 Å². The fourth-order valence-electron chi connectivity index (χ4n) is 7.51. The Hall–Kier alpha value is -5.56. The van der Waals surface area contributed by atoms with E-state index in [1.54, 1.807) is 12.1 Å². The molecule has 0 aromatic heterocycles. The molecule has 4 amide bonds. The molecular weight excluding hydrogens is 725 g/mol. The van der Waals surface area contributed by atoms with E-state index in [1.807, 2.05) is 48.5 Å². The molecule has 2 fully saturated rings. The summed E-state index contributed by atoms with van der Waals surface area (Å²) >= 11 is 6.60. The lowest BCUT2D eigenvalue weighted by Crippen LogP contribution is -2.63. The number of piperazine rings is 1. The summed E-state index contributed by atoms with van der Waals surface area (Å²) in [5.74, 6) is -5.67. The van der Waals surface area contributed by atoms with Gasteiger partial charge in [0.05, 0.1) is 13.7 Å². The van der Waals surface area contributed by atoms with Crippen LogP contribution in [0, 0.1) is 5.82 Å². The number of nitrogens with zero attached hydrogens (tertiary/aromatic N) is 3. The second-order valence-electron chi connectivity index (χ2n) is 13.5. The number of halogens is 4. The maximum absolute atomic E-state index is 15.0. The van der Waals surface area contributed by atoms with Gasteiger partial charge in [-0.1, -0.05) is 84.4 Å². The van der Waals surface area contributed by atoms with Crippen LogP contribution in [0.4, 0.5) is 28.4 Å². The molecule has 1 saturated carbocycles. The number of hydrogen-bond acceptors (Lipinski definition) is 6. The maximum atomic E-state index is 15.0. The van der Waals surface area contributed by atoms with Gasteiger partial charge >= 0.3 is 12.2 Å². The predicted molar refractivity (Wildman–Crippen MR) is 194 cm³/mol. The molecule has 10 nitrogen and oxygen atoms in total. The molecule has 2 atom stereocenters. The summed E-state index contributed by atoms with van der Waals surface area (Å²) in [6, 6.07) is 22.8. The van der Waals surface area contributed by atoms with Crippen LogP contribution in [-0.4, -0.2) is 85.2 Å². The first-order valence-corrected chi connectivity index (χ1v) is 17.8. The van der Waals surface area contributed by atoms with Crippen LogP contribution in [-0.2, 0) is 19.1 Å². The van der Waals surface area contributed by atoms with Gasteiger partial charge in [0.1, 0.15) is 24.5 Å². The van der Waals surface area contributed by atoms with Crippen LogP contribution in [0.15, 0.2) is 97.1 Å². The summed E-state index contributed by atoms with van der Waals surface area (Å²) in [6.07, 6.45) is -2.82. The quantitative estimate of drug-likeness (QED) is 0.204. The molecule has 280 valence electrons. The van der Waals surface area contributed by atoms with E-state index in [9.17, 15) is 32.3 Å². The fraction of sp³-hybridized carbons (Fsp3) is 0.300. The smallest absolute Gasteiger partial charge is 0.410 e. The third kappa shape index (κ3) is 7.20. The first kappa shape index (κ1) is 36.8. The SMILES string of the molecule is COC(=O)N1CCN(C(=O)OCC2c3ccccc3-c3ccccc32)CC1C(=O)N(c1cccc(F)c1)[C@H](C(=O)NC1CC(F)(F)C1)c1ccccc1Cl. The van der Waals surface area contributed by atoms with Crippen LogP contribution in [0.25, 0.3) is 11.1 Å². The first-order chi connectivity index (χ1) is 26.0. The minimum atomic E-state index is -2.96.